The van der Waals surface area contributed by atoms with Crippen molar-refractivity contribution < 1.29 is 14.3 Å². The molecule has 5 rings (SSSR count). The molecule has 1 unspecified atom stereocenters. The van der Waals surface area contributed by atoms with Crippen LogP contribution >= 0.6 is 11.3 Å². The molecule has 0 radical (unpaired) electrons. The van der Waals surface area contributed by atoms with E-state index in [1.54, 1.807) is 0 Å². The summed E-state index contributed by atoms with van der Waals surface area (Å²) in [5.41, 5.74) is 6.95. The standard InChI is InChI=1S/C23H22N2O3S/c24-21-20(16-7-2-4-9-19(16)29-21)22(27)25-12-5-10-23(11-13-25)14-17(26)15-6-1-3-8-18(15)28-23/h1-4,6-9H,5,10-14,24H2. The summed E-state index contributed by atoms with van der Waals surface area (Å²) in [6.45, 7) is 1.20. The van der Waals surface area contributed by atoms with Crippen LogP contribution in [0.15, 0.2) is 48.5 Å². The van der Waals surface area contributed by atoms with E-state index in [-0.39, 0.29) is 11.7 Å². The Hall–Kier alpha value is -2.86. The van der Waals surface area contributed by atoms with Crippen LogP contribution < -0.4 is 10.5 Å². The zero-order valence-electron chi connectivity index (χ0n) is 16.0. The van der Waals surface area contributed by atoms with E-state index in [0.29, 0.717) is 47.8 Å². The zero-order valence-corrected chi connectivity index (χ0v) is 16.8. The first kappa shape index (κ1) is 18.2. The number of nitrogen functional groups attached to an aromatic ring is 1. The van der Waals surface area contributed by atoms with Crippen LogP contribution in [0.3, 0.4) is 0 Å². The number of amides is 1. The number of ether oxygens (including phenoxy) is 1. The predicted molar refractivity (Wildman–Crippen MR) is 115 cm³/mol. The summed E-state index contributed by atoms with van der Waals surface area (Å²) in [4.78, 5) is 27.9. The Morgan fingerprint density at radius 2 is 1.86 bits per heavy atom. The number of thiophene rings is 1. The maximum Gasteiger partial charge on any atom is 0.257 e. The van der Waals surface area contributed by atoms with E-state index in [9.17, 15) is 9.59 Å². The average Bonchev–Trinajstić information content (AvgIpc) is 2.92. The molecule has 3 aromatic rings. The molecule has 29 heavy (non-hydrogen) atoms. The van der Waals surface area contributed by atoms with Crippen molar-refractivity contribution in [3.63, 3.8) is 0 Å². The fraction of sp³-hybridized carbons (Fsp3) is 0.304. The van der Waals surface area contributed by atoms with E-state index in [1.165, 1.54) is 11.3 Å². The fourth-order valence-electron chi connectivity index (χ4n) is 4.54. The van der Waals surface area contributed by atoms with Gasteiger partial charge in [0, 0.05) is 29.6 Å². The van der Waals surface area contributed by atoms with Crippen LogP contribution in [0.5, 0.6) is 5.75 Å². The van der Waals surface area contributed by atoms with E-state index in [1.807, 2.05) is 53.4 Å². The van der Waals surface area contributed by atoms with Crippen molar-refractivity contribution in [2.75, 3.05) is 18.8 Å². The topological polar surface area (TPSA) is 72.6 Å². The lowest BCUT2D eigenvalue weighted by Gasteiger charge is -2.37. The van der Waals surface area contributed by atoms with Crippen molar-refractivity contribution in [3.05, 3.63) is 59.7 Å². The van der Waals surface area contributed by atoms with Crippen molar-refractivity contribution in [2.45, 2.75) is 31.3 Å². The van der Waals surface area contributed by atoms with Gasteiger partial charge >= 0.3 is 0 Å². The van der Waals surface area contributed by atoms with Crippen molar-refractivity contribution in [3.8, 4) is 5.75 Å². The summed E-state index contributed by atoms with van der Waals surface area (Å²) in [6, 6.07) is 15.3. The number of nitrogens with two attached hydrogens (primary N) is 1. The quantitative estimate of drug-likeness (QED) is 0.645. The Labute approximate surface area is 173 Å². The molecule has 2 N–H and O–H groups in total. The number of anilines is 1. The number of ketones is 1. The van der Waals surface area contributed by atoms with E-state index in [4.69, 9.17) is 10.5 Å². The minimum Gasteiger partial charge on any atom is -0.486 e. The zero-order chi connectivity index (χ0) is 20.0. The minimum absolute atomic E-state index is 0.0282. The predicted octanol–water partition coefficient (Wildman–Crippen LogP) is 4.51. The highest BCUT2D eigenvalue weighted by molar-refractivity contribution is 7.23. The molecule has 0 saturated carbocycles. The van der Waals surface area contributed by atoms with Crippen LogP contribution in [0.25, 0.3) is 10.1 Å². The van der Waals surface area contributed by atoms with Gasteiger partial charge in [0.05, 0.1) is 22.5 Å². The number of fused-ring (bicyclic) bond motifs is 2. The monoisotopic (exact) mass is 406 g/mol. The highest BCUT2D eigenvalue weighted by Crippen LogP contribution is 2.40. The summed E-state index contributed by atoms with van der Waals surface area (Å²) in [5, 5.41) is 1.48. The molecule has 5 nitrogen and oxygen atoms in total. The number of hydrogen-bond donors (Lipinski definition) is 1. The number of likely N-dealkylation sites (tertiary alicyclic amines) is 1. The number of Topliss-reactive ketones (excluding diaryl/α,β-unsaturated/α-hetero) is 1. The largest absolute Gasteiger partial charge is 0.486 e. The van der Waals surface area contributed by atoms with Gasteiger partial charge in [-0.1, -0.05) is 30.3 Å². The number of para-hydroxylation sites is 1. The van der Waals surface area contributed by atoms with Gasteiger partial charge in [0.1, 0.15) is 11.4 Å². The molecule has 2 aliphatic rings. The van der Waals surface area contributed by atoms with Crippen molar-refractivity contribution in [1.29, 1.82) is 0 Å². The van der Waals surface area contributed by atoms with E-state index in [2.05, 4.69) is 0 Å². The molecule has 6 heteroatoms. The van der Waals surface area contributed by atoms with Crippen molar-refractivity contribution >= 4 is 38.1 Å². The normalized spacial score (nSPS) is 21.7. The number of rotatable bonds is 1. The molecule has 148 valence electrons. The highest BCUT2D eigenvalue weighted by atomic mass is 32.1. The lowest BCUT2D eigenvalue weighted by molar-refractivity contribution is 0.0300. The van der Waals surface area contributed by atoms with Crippen LogP contribution in [0.4, 0.5) is 5.00 Å². The Bertz CT molecular complexity index is 1120. The van der Waals surface area contributed by atoms with Gasteiger partial charge in [-0.25, -0.2) is 0 Å². The first-order valence-electron chi connectivity index (χ1n) is 9.94. The first-order valence-corrected chi connectivity index (χ1v) is 10.8. The van der Waals surface area contributed by atoms with Gasteiger partial charge < -0.3 is 15.4 Å². The molecule has 0 aliphatic carbocycles. The smallest absolute Gasteiger partial charge is 0.257 e. The lowest BCUT2D eigenvalue weighted by Crippen LogP contribution is -2.43. The molecule has 1 spiro atoms. The number of carbonyl (C=O) groups is 2. The average molecular weight is 407 g/mol. The molecule has 1 atom stereocenters. The van der Waals surface area contributed by atoms with Crippen molar-refractivity contribution in [1.82, 2.24) is 4.90 Å². The second-order valence-corrected chi connectivity index (χ2v) is 8.95. The number of carbonyl (C=O) groups excluding carboxylic acids is 2. The minimum atomic E-state index is -0.525. The Morgan fingerprint density at radius 1 is 1.07 bits per heavy atom. The van der Waals surface area contributed by atoms with Gasteiger partial charge in [0.15, 0.2) is 5.78 Å². The van der Waals surface area contributed by atoms with Crippen LogP contribution in [0, 0.1) is 0 Å². The van der Waals surface area contributed by atoms with Crippen LogP contribution in [0.1, 0.15) is 46.4 Å². The lowest BCUT2D eigenvalue weighted by atomic mass is 9.84. The second-order valence-electron chi connectivity index (χ2n) is 7.86. The molecule has 1 aromatic heterocycles. The van der Waals surface area contributed by atoms with E-state index in [0.717, 1.165) is 22.9 Å². The summed E-state index contributed by atoms with van der Waals surface area (Å²) in [5.74, 6) is 0.760. The van der Waals surface area contributed by atoms with Gasteiger partial charge in [0.2, 0.25) is 0 Å². The van der Waals surface area contributed by atoms with Crippen LogP contribution in [0.2, 0.25) is 0 Å². The van der Waals surface area contributed by atoms with Gasteiger partial charge in [0.25, 0.3) is 5.91 Å². The highest BCUT2D eigenvalue weighted by Gasteiger charge is 2.42. The summed E-state index contributed by atoms with van der Waals surface area (Å²) in [7, 11) is 0. The Kier molecular flexibility index (Phi) is 4.32. The summed E-state index contributed by atoms with van der Waals surface area (Å²) >= 11 is 1.45. The number of nitrogens with zero attached hydrogens (tertiary/aromatic N) is 1. The fourth-order valence-corrected chi connectivity index (χ4v) is 5.50. The molecule has 0 bridgehead atoms. The van der Waals surface area contributed by atoms with Crippen LogP contribution in [-0.4, -0.2) is 35.3 Å². The molecular weight excluding hydrogens is 384 g/mol. The van der Waals surface area contributed by atoms with Gasteiger partial charge in [-0.05, 0) is 31.0 Å². The Balaban J connectivity index is 1.40. The first-order chi connectivity index (χ1) is 14.1. The number of hydrogen-bond acceptors (Lipinski definition) is 5. The molecule has 1 fully saturated rings. The second kappa shape index (κ2) is 6.88. The van der Waals surface area contributed by atoms with E-state index >= 15 is 0 Å². The third-order valence-electron chi connectivity index (χ3n) is 6.02. The van der Waals surface area contributed by atoms with Gasteiger partial charge in [-0.3, -0.25) is 9.59 Å². The third kappa shape index (κ3) is 3.08. The van der Waals surface area contributed by atoms with Crippen molar-refractivity contribution in [2.24, 2.45) is 0 Å². The van der Waals surface area contributed by atoms with Gasteiger partial charge in [-0.15, -0.1) is 11.3 Å². The molecule has 1 amide bonds. The van der Waals surface area contributed by atoms with E-state index < -0.39 is 5.60 Å². The molecule has 3 heterocycles. The maximum absolute atomic E-state index is 13.3. The Morgan fingerprint density at radius 3 is 2.76 bits per heavy atom. The number of benzene rings is 2. The molecule has 2 aliphatic heterocycles. The van der Waals surface area contributed by atoms with Crippen LogP contribution in [-0.2, 0) is 0 Å². The maximum atomic E-state index is 13.3. The summed E-state index contributed by atoms with van der Waals surface area (Å²) < 4.78 is 7.37. The summed E-state index contributed by atoms with van der Waals surface area (Å²) in [6.07, 6.45) is 2.57. The SMILES string of the molecule is Nc1sc2ccccc2c1C(=O)N1CCCC2(CC1)CC(=O)c1ccccc1O2. The van der Waals surface area contributed by atoms with Gasteiger partial charge in [-0.2, -0.15) is 0 Å². The molecule has 1 saturated heterocycles. The molecule has 2 aromatic carbocycles. The third-order valence-corrected chi connectivity index (χ3v) is 7.02. The molecular formula is C23H22N2O3S.